The van der Waals surface area contributed by atoms with Crippen LogP contribution in [-0.2, 0) is 48.7 Å². The van der Waals surface area contributed by atoms with Gasteiger partial charge in [-0.2, -0.15) is 16.8 Å². The van der Waals surface area contributed by atoms with E-state index in [1.54, 1.807) is 6.07 Å². The van der Waals surface area contributed by atoms with E-state index >= 15 is 0 Å². The molecule has 6 rings (SSSR count). The van der Waals surface area contributed by atoms with Gasteiger partial charge < -0.3 is 48.2 Å². The number of unbranched alkanes of at least 4 members (excludes halogenated alkanes) is 5. The van der Waals surface area contributed by atoms with Crippen LogP contribution in [0.4, 0.5) is 5.69 Å². The van der Waals surface area contributed by atoms with Crippen LogP contribution in [0.1, 0.15) is 72.1 Å². The summed E-state index contributed by atoms with van der Waals surface area (Å²) in [4.78, 5) is 33.5. The van der Waals surface area contributed by atoms with Crippen LogP contribution in [0.15, 0.2) is 59.0 Å². The van der Waals surface area contributed by atoms with Gasteiger partial charge in [0, 0.05) is 85.1 Å². The summed E-state index contributed by atoms with van der Waals surface area (Å²) in [5, 5.41) is 15.1. The number of benzene rings is 3. The molecule has 0 radical (unpaired) electrons. The van der Waals surface area contributed by atoms with E-state index in [1.807, 2.05) is 36.4 Å². The maximum atomic E-state index is 13.7. The summed E-state index contributed by atoms with van der Waals surface area (Å²) in [5.74, 6) is -0.827. The van der Waals surface area contributed by atoms with Gasteiger partial charge in [0.05, 0.1) is 109 Å². The summed E-state index contributed by atoms with van der Waals surface area (Å²) in [7, 11) is -7.99. The molecule has 0 spiro atoms. The number of carboxylic acid groups (broad SMARTS) is 1. The molecule has 21 nitrogen and oxygen atoms in total. The lowest BCUT2D eigenvalue weighted by Crippen LogP contribution is -2.48. The Morgan fingerprint density at radius 3 is 1.72 bits per heavy atom. The second-order valence-corrected chi connectivity index (χ2v) is 23.1. The third-order valence-corrected chi connectivity index (χ3v) is 15.6. The van der Waals surface area contributed by atoms with E-state index in [-0.39, 0.29) is 35.8 Å². The lowest BCUT2D eigenvalue weighted by atomic mass is 9.89. The summed E-state index contributed by atoms with van der Waals surface area (Å²) in [5.41, 5.74) is 3.34. The van der Waals surface area contributed by atoms with Crippen molar-refractivity contribution >= 4 is 60.4 Å². The number of carbonyl (C=O) groups excluding carboxylic acids is 1. The number of anilines is 1. The van der Waals surface area contributed by atoms with Gasteiger partial charge >= 0.3 is 5.97 Å². The minimum Gasteiger partial charge on any atom is -0.478 e. The Labute approximate surface area is 469 Å². The minimum atomic E-state index is -3.99. The first-order chi connectivity index (χ1) is 38.2. The van der Waals surface area contributed by atoms with Crippen molar-refractivity contribution in [1.29, 1.82) is 0 Å². The van der Waals surface area contributed by atoms with Crippen molar-refractivity contribution < 1.29 is 73.5 Å². The lowest BCUT2D eigenvalue weighted by Gasteiger charge is -2.36. The molecular formula is C55H81ClN5O16S2+. The summed E-state index contributed by atoms with van der Waals surface area (Å²) < 4.78 is 106. The topological polar surface area (TPSA) is 256 Å². The number of aromatic carboxylic acids is 1. The second kappa shape index (κ2) is 34.2. The van der Waals surface area contributed by atoms with Gasteiger partial charge in [-0.05, 0) is 93.6 Å². The zero-order valence-electron chi connectivity index (χ0n) is 45.4. The van der Waals surface area contributed by atoms with E-state index in [2.05, 4.69) is 24.6 Å². The SMILES string of the molecule is O=C(NCCOCCOCCOCCOCCOCCOCCCCCCCl)c1ccc(C(=O)O)c(-c2c3ccc(=[N+]4CCN(CCCCS(=O)(=O)O)CC4)cc-3oc3cc(N4CCN(CCCCS(=O)(=O)O)CC4)ccc23)c1. The van der Waals surface area contributed by atoms with Crippen molar-refractivity contribution in [3.8, 4) is 22.5 Å². The van der Waals surface area contributed by atoms with Crippen LogP contribution in [0, 0.1) is 0 Å². The Hall–Kier alpha value is -4.34. The van der Waals surface area contributed by atoms with Crippen molar-refractivity contribution in [1.82, 2.24) is 19.7 Å². The van der Waals surface area contributed by atoms with Gasteiger partial charge in [-0.3, -0.25) is 23.7 Å². The van der Waals surface area contributed by atoms with Crippen molar-refractivity contribution in [2.24, 2.45) is 0 Å². The van der Waals surface area contributed by atoms with Crippen LogP contribution in [0.3, 0.4) is 0 Å². The van der Waals surface area contributed by atoms with Crippen LogP contribution in [0.2, 0.25) is 0 Å². The molecule has 2 fully saturated rings. The Morgan fingerprint density at radius 2 is 1.15 bits per heavy atom. The van der Waals surface area contributed by atoms with Gasteiger partial charge in [0.1, 0.15) is 11.3 Å². The van der Waals surface area contributed by atoms with E-state index in [9.17, 15) is 31.5 Å². The molecule has 1 amide bonds. The normalized spacial score (nSPS) is 14.9. The molecule has 2 aromatic carbocycles. The number of nitrogens with one attached hydrogen (secondary N) is 1. The highest BCUT2D eigenvalue weighted by Crippen LogP contribution is 2.42. The third kappa shape index (κ3) is 22.9. The third-order valence-electron chi connectivity index (χ3n) is 13.8. The number of alkyl halides is 1. The minimum absolute atomic E-state index is 0.0137. The standard InChI is InChI=1S/C55H80ClN5O16S2/c56-15-3-1-2-6-27-71-29-31-73-33-35-75-37-38-76-36-34-74-32-30-72-28-16-57-54(62)44-9-12-47(55(63)64)50(41-44)53-48-13-10-45(60-23-19-58(20-24-60)17-4-7-39-78(65,66)67)42-51(48)77-52-43-46(11-14-49(52)53)61-25-21-59(22-26-61)18-5-8-40-79(68,69)70/h9-14,41-43H,1-8,15-40H2,(H3-,57,62,63,64,65,66,67,68,69,70)/p+1. The molecule has 3 aliphatic heterocycles. The number of amides is 1. The number of fused-ring (bicyclic) bond motifs is 2. The quantitative estimate of drug-likeness (QED) is 0.0150. The van der Waals surface area contributed by atoms with E-state index in [0.717, 1.165) is 69.5 Å². The largest absolute Gasteiger partial charge is 0.478 e. The summed E-state index contributed by atoms with van der Waals surface area (Å²) in [6, 6.07) is 16.3. The van der Waals surface area contributed by atoms with Crippen LogP contribution in [0.25, 0.3) is 33.4 Å². The number of carbonyl (C=O) groups is 2. The molecular weight excluding hydrogens is 1090 g/mol. The molecule has 440 valence electrons. The van der Waals surface area contributed by atoms with Gasteiger partial charge in [-0.25, -0.2) is 9.37 Å². The van der Waals surface area contributed by atoms with E-state index in [0.29, 0.717) is 170 Å². The van der Waals surface area contributed by atoms with E-state index in [4.69, 9.17) is 53.5 Å². The number of rotatable bonds is 38. The highest BCUT2D eigenvalue weighted by molar-refractivity contribution is 7.86. The summed E-state index contributed by atoms with van der Waals surface area (Å²) >= 11 is 5.69. The van der Waals surface area contributed by atoms with Crippen molar-refractivity contribution in [3.05, 3.63) is 71.1 Å². The predicted molar refractivity (Wildman–Crippen MR) is 303 cm³/mol. The fraction of sp³-hybridized carbons (Fsp3) is 0.618. The molecule has 0 atom stereocenters. The molecule has 1 aliphatic carbocycles. The molecule has 24 heteroatoms. The Bertz CT molecular complexity index is 2770. The van der Waals surface area contributed by atoms with Gasteiger partial charge in [-0.15, -0.1) is 11.6 Å². The van der Waals surface area contributed by atoms with Crippen LogP contribution in [0.5, 0.6) is 0 Å². The summed E-state index contributed by atoms with van der Waals surface area (Å²) in [6.07, 6.45) is 6.42. The molecule has 0 saturated carbocycles. The van der Waals surface area contributed by atoms with Gasteiger partial charge in [0.2, 0.25) is 5.36 Å². The lowest BCUT2D eigenvalue weighted by molar-refractivity contribution is -0.0166. The van der Waals surface area contributed by atoms with Crippen molar-refractivity contribution in [2.75, 3.05) is 174 Å². The average Bonchev–Trinajstić information content (AvgIpc) is 3.43. The van der Waals surface area contributed by atoms with Crippen molar-refractivity contribution in [2.45, 2.75) is 51.4 Å². The number of carboxylic acids is 1. The predicted octanol–water partition coefficient (Wildman–Crippen LogP) is 5.08. The van der Waals surface area contributed by atoms with Crippen LogP contribution >= 0.6 is 11.6 Å². The molecule has 4 N–H and O–H groups in total. The maximum absolute atomic E-state index is 13.7. The Morgan fingerprint density at radius 1 is 0.595 bits per heavy atom. The highest BCUT2D eigenvalue weighted by atomic mass is 35.5. The second-order valence-electron chi connectivity index (χ2n) is 19.6. The van der Waals surface area contributed by atoms with Gasteiger partial charge in [0.25, 0.3) is 26.1 Å². The van der Waals surface area contributed by atoms with Crippen LogP contribution < -0.4 is 20.1 Å². The van der Waals surface area contributed by atoms with Crippen LogP contribution in [-0.4, -0.2) is 221 Å². The number of ether oxygens (including phenoxy) is 6. The highest BCUT2D eigenvalue weighted by Gasteiger charge is 2.26. The first-order valence-electron chi connectivity index (χ1n) is 27.6. The number of piperazine rings is 2. The van der Waals surface area contributed by atoms with Crippen molar-refractivity contribution in [3.63, 3.8) is 0 Å². The molecule has 0 aromatic heterocycles. The summed E-state index contributed by atoms with van der Waals surface area (Å²) in [6.45, 7) is 12.9. The van der Waals surface area contributed by atoms with E-state index in [1.165, 1.54) is 12.1 Å². The number of nitrogens with zero attached hydrogens (tertiary/aromatic N) is 4. The fourth-order valence-electron chi connectivity index (χ4n) is 9.52. The fourth-order valence-corrected chi connectivity index (χ4v) is 10.8. The first kappa shape index (κ1) is 63.8. The maximum Gasteiger partial charge on any atom is 0.336 e. The first-order valence-corrected chi connectivity index (χ1v) is 31.3. The molecule has 3 heterocycles. The average molecular weight is 1170 g/mol. The molecule has 0 unspecified atom stereocenters. The molecule has 79 heavy (non-hydrogen) atoms. The van der Waals surface area contributed by atoms with E-state index < -0.39 is 32.1 Å². The molecule has 2 saturated heterocycles. The Kier molecular flexibility index (Phi) is 27.6. The zero-order valence-corrected chi connectivity index (χ0v) is 47.8. The number of hydrogen-bond acceptors (Lipinski definition) is 16. The smallest absolute Gasteiger partial charge is 0.336 e. The number of halogens is 1. The molecule has 2 aromatic rings. The monoisotopic (exact) mass is 1170 g/mol. The zero-order chi connectivity index (χ0) is 56.3. The molecule has 4 aliphatic rings. The number of hydrogen-bond donors (Lipinski definition) is 4. The molecule has 0 bridgehead atoms. The van der Waals surface area contributed by atoms with Gasteiger partial charge in [0.15, 0.2) is 13.1 Å². The van der Waals surface area contributed by atoms with Gasteiger partial charge in [-0.1, -0.05) is 12.8 Å². The Balaban J connectivity index is 1.03.